The highest BCUT2D eigenvalue weighted by molar-refractivity contribution is 6.84. The predicted molar refractivity (Wildman–Crippen MR) is 153 cm³/mol. The zero-order valence-corrected chi connectivity index (χ0v) is 23.8. The smallest absolute Gasteiger partial charge is 0.408 e. The average molecular weight is 530 g/mol. The first-order chi connectivity index (χ1) is 17.9. The summed E-state index contributed by atoms with van der Waals surface area (Å²) >= 11 is 0. The molecule has 0 aliphatic rings. The number of Topliss-reactive ketones (excluding diaryl/α,β-unsaturated/α-hetero) is 1. The molecule has 1 amide bonds. The Morgan fingerprint density at radius 2 is 1.45 bits per heavy atom. The number of ether oxygens (including phenoxy) is 1. The summed E-state index contributed by atoms with van der Waals surface area (Å²) in [5.41, 5.74) is 5.34. The van der Waals surface area contributed by atoms with Gasteiger partial charge in [-0.3, -0.25) is 4.79 Å². The first-order valence-corrected chi connectivity index (χ1v) is 16.0. The molecule has 3 rings (SSSR count). The molecule has 1 N–H and O–H groups in total. The van der Waals surface area contributed by atoms with Gasteiger partial charge >= 0.3 is 6.09 Å². The summed E-state index contributed by atoms with van der Waals surface area (Å²) in [7, 11) is -2.07. The number of halogens is 1. The lowest BCUT2D eigenvalue weighted by Gasteiger charge is -2.28. The highest BCUT2D eigenvalue weighted by Gasteiger charge is 2.32. The number of nitrogens with one attached hydrogen (secondary N) is 1. The van der Waals surface area contributed by atoms with Gasteiger partial charge in [-0.15, -0.1) is 5.54 Å². The van der Waals surface area contributed by atoms with Gasteiger partial charge < -0.3 is 10.1 Å². The molecule has 0 spiro atoms. The maximum Gasteiger partial charge on any atom is 0.408 e. The van der Waals surface area contributed by atoms with E-state index in [4.69, 9.17) is 4.74 Å². The second-order valence-electron chi connectivity index (χ2n) is 11.1. The maximum atomic E-state index is 13.8. The molecule has 2 atom stereocenters. The molecule has 0 unspecified atom stereocenters. The Labute approximate surface area is 226 Å². The van der Waals surface area contributed by atoms with Gasteiger partial charge in [0.25, 0.3) is 0 Å². The van der Waals surface area contributed by atoms with Crippen LogP contribution in [0.15, 0.2) is 84.9 Å². The molecule has 0 saturated carbocycles. The summed E-state index contributed by atoms with van der Waals surface area (Å²) in [5.74, 6) is 1.58. The van der Waals surface area contributed by atoms with E-state index in [9.17, 15) is 14.0 Å². The van der Waals surface area contributed by atoms with Crippen molar-refractivity contribution in [3.05, 3.63) is 107 Å². The maximum absolute atomic E-state index is 13.8. The molecule has 6 heteroatoms. The third-order valence-electron chi connectivity index (χ3n) is 5.95. The summed E-state index contributed by atoms with van der Waals surface area (Å²) in [6.45, 7) is 9.61. The van der Waals surface area contributed by atoms with Crippen LogP contribution < -0.4 is 5.32 Å². The number of amides is 1. The molecule has 3 aromatic rings. The van der Waals surface area contributed by atoms with Crippen molar-refractivity contribution in [2.75, 3.05) is 0 Å². The molecule has 0 fully saturated rings. The molecular formula is C32H36FNO3Si. The van der Waals surface area contributed by atoms with Gasteiger partial charge in [-0.25, -0.2) is 9.18 Å². The number of carbonyl (C=O) groups is 2. The van der Waals surface area contributed by atoms with Crippen LogP contribution in [0, 0.1) is 23.2 Å². The molecule has 0 heterocycles. The Hall–Kier alpha value is -3.69. The third-order valence-corrected chi connectivity index (χ3v) is 8.05. The van der Waals surface area contributed by atoms with Crippen LogP contribution in [0.3, 0.4) is 0 Å². The molecule has 3 aromatic carbocycles. The number of carbonyl (C=O) groups excluding carboxylic acids is 2. The van der Waals surface area contributed by atoms with Crippen LogP contribution in [0.1, 0.15) is 43.5 Å². The Kier molecular flexibility index (Phi) is 9.65. The van der Waals surface area contributed by atoms with Crippen molar-refractivity contribution in [1.82, 2.24) is 5.32 Å². The van der Waals surface area contributed by atoms with Crippen LogP contribution in [0.2, 0.25) is 13.1 Å². The molecular weight excluding hydrogens is 493 g/mol. The normalized spacial score (nSPS) is 13.0. The van der Waals surface area contributed by atoms with Crippen molar-refractivity contribution in [2.24, 2.45) is 5.92 Å². The third kappa shape index (κ3) is 9.31. The van der Waals surface area contributed by atoms with E-state index in [-0.39, 0.29) is 5.78 Å². The van der Waals surface area contributed by atoms with Gasteiger partial charge in [0.1, 0.15) is 19.5 Å². The molecule has 0 aliphatic carbocycles. The predicted octanol–water partition coefficient (Wildman–Crippen LogP) is 6.85. The fourth-order valence-electron chi connectivity index (χ4n) is 4.22. The molecule has 38 heavy (non-hydrogen) atoms. The molecule has 0 radical (unpaired) electrons. The second kappa shape index (κ2) is 12.7. The number of hydrogen-bond donors (Lipinski definition) is 1. The summed E-state index contributed by atoms with van der Waals surface area (Å²) in [6.07, 6.45) is -0.295. The van der Waals surface area contributed by atoms with Gasteiger partial charge in [0.2, 0.25) is 5.78 Å². The highest BCUT2D eigenvalue weighted by Crippen LogP contribution is 2.28. The Balaban J connectivity index is 1.98. The zero-order valence-electron chi connectivity index (χ0n) is 22.8. The standard InChI is InChI=1S/C32H36FNO3Si/c1-32(2,3)37-31(36)34-30(26-16-18-27(33)19-17-26)28(22-24-12-8-6-9-13-24)29(35)20-21-38(4,5)23-25-14-10-7-11-15-25/h6-19,28,30H,22-23H2,1-5H3,(H,34,36)/t28-,30-/m1/s1. The Morgan fingerprint density at radius 1 is 0.895 bits per heavy atom. The van der Waals surface area contributed by atoms with Gasteiger partial charge in [0.05, 0.1) is 12.0 Å². The SMILES string of the molecule is CC(C)(C)OC(=O)N[C@H](c1ccc(F)cc1)[C@H](Cc1ccccc1)C(=O)C#C[Si](C)(C)Cc1ccccc1. The number of benzene rings is 3. The Bertz CT molecular complexity index is 1270. The van der Waals surface area contributed by atoms with E-state index in [0.717, 1.165) is 11.6 Å². The van der Waals surface area contributed by atoms with E-state index in [2.05, 4.69) is 42.0 Å². The van der Waals surface area contributed by atoms with Crippen molar-refractivity contribution in [3.63, 3.8) is 0 Å². The summed E-state index contributed by atoms with van der Waals surface area (Å²) in [5, 5.41) is 2.89. The van der Waals surface area contributed by atoms with Gasteiger partial charge in [-0.2, -0.15) is 0 Å². The van der Waals surface area contributed by atoms with Crippen LogP contribution >= 0.6 is 0 Å². The van der Waals surface area contributed by atoms with E-state index >= 15 is 0 Å². The summed E-state index contributed by atoms with van der Waals surface area (Å²) in [6, 6.07) is 25.6. The first kappa shape index (κ1) is 28.9. The highest BCUT2D eigenvalue weighted by atomic mass is 28.3. The number of alkyl carbamates (subject to hydrolysis) is 1. The van der Waals surface area contributed by atoms with E-state index in [1.807, 2.05) is 48.5 Å². The Morgan fingerprint density at radius 3 is 2.00 bits per heavy atom. The van der Waals surface area contributed by atoms with E-state index in [0.29, 0.717) is 12.0 Å². The number of ketones is 1. The van der Waals surface area contributed by atoms with Gasteiger partial charge in [-0.1, -0.05) is 85.9 Å². The van der Waals surface area contributed by atoms with Crippen molar-refractivity contribution >= 4 is 20.0 Å². The zero-order chi connectivity index (χ0) is 27.8. The molecule has 198 valence electrons. The lowest BCUT2D eigenvalue weighted by Crippen LogP contribution is -2.40. The molecule has 0 aliphatic heterocycles. The number of rotatable bonds is 8. The minimum absolute atomic E-state index is 0.270. The fourth-order valence-corrected chi connectivity index (χ4v) is 6.03. The van der Waals surface area contributed by atoms with Gasteiger partial charge in [0.15, 0.2) is 0 Å². The minimum Gasteiger partial charge on any atom is -0.444 e. The molecule has 0 aromatic heterocycles. The molecule has 4 nitrogen and oxygen atoms in total. The van der Waals surface area contributed by atoms with Crippen LogP contribution in [0.25, 0.3) is 0 Å². The van der Waals surface area contributed by atoms with Crippen LogP contribution in [0.5, 0.6) is 0 Å². The van der Waals surface area contributed by atoms with Crippen LogP contribution in [-0.2, 0) is 22.0 Å². The lowest BCUT2D eigenvalue weighted by atomic mass is 9.84. The largest absolute Gasteiger partial charge is 0.444 e. The monoisotopic (exact) mass is 529 g/mol. The quantitative estimate of drug-likeness (QED) is 0.256. The summed E-state index contributed by atoms with van der Waals surface area (Å²) < 4.78 is 19.3. The lowest BCUT2D eigenvalue weighted by molar-refractivity contribution is -0.118. The minimum atomic E-state index is -2.07. The van der Waals surface area contributed by atoms with Crippen molar-refractivity contribution in [3.8, 4) is 11.5 Å². The summed E-state index contributed by atoms with van der Waals surface area (Å²) in [4.78, 5) is 26.6. The average Bonchev–Trinajstić information content (AvgIpc) is 2.85. The van der Waals surface area contributed by atoms with Crippen molar-refractivity contribution < 1.29 is 18.7 Å². The van der Waals surface area contributed by atoms with Crippen LogP contribution in [0.4, 0.5) is 9.18 Å². The van der Waals surface area contributed by atoms with Gasteiger partial charge in [-0.05, 0) is 68.0 Å². The topological polar surface area (TPSA) is 55.4 Å². The van der Waals surface area contributed by atoms with E-state index < -0.39 is 37.5 Å². The van der Waals surface area contributed by atoms with Crippen molar-refractivity contribution in [2.45, 2.75) is 58.0 Å². The molecule has 0 bridgehead atoms. The van der Waals surface area contributed by atoms with E-state index in [1.165, 1.54) is 17.7 Å². The van der Waals surface area contributed by atoms with Crippen molar-refractivity contribution in [1.29, 1.82) is 0 Å². The first-order valence-electron chi connectivity index (χ1n) is 12.8. The fraction of sp³-hybridized carbons (Fsp3) is 0.312. The molecule has 0 saturated heterocycles. The van der Waals surface area contributed by atoms with E-state index in [1.54, 1.807) is 32.9 Å². The second-order valence-corrected chi connectivity index (χ2v) is 15.5. The van der Waals surface area contributed by atoms with Gasteiger partial charge in [0, 0.05) is 0 Å². The van der Waals surface area contributed by atoms with Crippen LogP contribution in [-0.4, -0.2) is 25.6 Å². The number of hydrogen-bond acceptors (Lipinski definition) is 3.